The van der Waals surface area contributed by atoms with E-state index in [9.17, 15) is 0 Å². The van der Waals surface area contributed by atoms with Crippen LogP contribution >= 0.6 is 11.8 Å². The minimum absolute atomic E-state index is 0.327. The summed E-state index contributed by atoms with van der Waals surface area (Å²) >= 11 is 1.98. The van der Waals surface area contributed by atoms with E-state index in [4.69, 9.17) is 15.2 Å². The van der Waals surface area contributed by atoms with Gasteiger partial charge in [0.25, 0.3) is 0 Å². The molecule has 132 valence electrons. The van der Waals surface area contributed by atoms with Crippen LogP contribution in [-0.2, 0) is 22.6 Å². The Hall–Kier alpha value is -1.24. The van der Waals surface area contributed by atoms with Gasteiger partial charge in [0.15, 0.2) is 5.96 Å². The molecule has 2 saturated heterocycles. The van der Waals surface area contributed by atoms with Gasteiger partial charge in [-0.05, 0) is 24.0 Å². The molecule has 2 heterocycles. The van der Waals surface area contributed by atoms with Gasteiger partial charge in [-0.15, -0.1) is 0 Å². The zero-order valence-corrected chi connectivity index (χ0v) is 15.0. The van der Waals surface area contributed by atoms with Crippen molar-refractivity contribution in [2.45, 2.75) is 32.1 Å². The van der Waals surface area contributed by atoms with Gasteiger partial charge in [0, 0.05) is 37.8 Å². The number of nitrogens with two attached hydrogens (primary N) is 1. The lowest BCUT2D eigenvalue weighted by molar-refractivity contribution is -0.0390. The zero-order chi connectivity index (χ0) is 16.6. The Balaban J connectivity index is 1.50. The van der Waals surface area contributed by atoms with Gasteiger partial charge in [-0.25, -0.2) is 4.99 Å². The molecule has 0 radical (unpaired) electrons. The minimum atomic E-state index is 0.327. The standard InChI is InChI=1S/C18H27N3O2S/c19-18(21-6-10-24-11-7-21)20-13-15-2-1-3-16(12-15)14-23-17-4-8-22-9-5-17/h1-3,12,17H,4-11,13-14H2,(H2,19,20). The van der Waals surface area contributed by atoms with Crippen LogP contribution in [-0.4, -0.2) is 54.8 Å². The van der Waals surface area contributed by atoms with Gasteiger partial charge in [-0.2, -0.15) is 11.8 Å². The van der Waals surface area contributed by atoms with Crippen molar-refractivity contribution >= 4 is 17.7 Å². The van der Waals surface area contributed by atoms with Gasteiger partial charge in [-0.3, -0.25) is 0 Å². The maximum Gasteiger partial charge on any atom is 0.191 e. The van der Waals surface area contributed by atoms with Crippen LogP contribution in [0.2, 0.25) is 0 Å². The maximum absolute atomic E-state index is 6.12. The maximum atomic E-state index is 6.12. The van der Waals surface area contributed by atoms with E-state index in [1.807, 2.05) is 11.8 Å². The minimum Gasteiger partial charge on any atom is -0.381 e. The van der Waals surface area contributed by atoms with E-state index in [2.05, 4.69) is 34.2 Å². The molecule has 2 N–H and O–H groups in total. The first-order valence-electron chi connectivity index (χ1n) is 8.71. The van der Waals surface area contributed by atoms with E-state index in [0.717, 1.165) is 50.7 Å². The van der Waals surface area contributed by atoms with Gasteiger partial charge >= 0.3 is 0 Å². The highest BCUT2D eigenvalue weighted by Gasteiger charge is 2.14. The molecule has 3 rings (SSSR count). The molecule has 0 atom stereocenters. The van der Waals surface area contributed by atoms with Gasteiger partial charge in [-0.1, -0.05) is 24.3 Å². The van der Waals surface area contributed by atoms with Crippen LogP contribution in [0.25, 0.3) is 0 Å². The fraction of sp³-hybridized carbons (Fsp3) is 0.611. The average molecular weight is 350 g/mol. The second-order valence-corrected chi connectivity index (χ2v) is 7.44. The van der Waals surface area contributed by atoms with Crippen molar-refractivity contribution in [1.82, 2.24) is 4.90 Å². The molecule has 0 unspecified atom stereocenters. The van der Waals surface area contributed by atoms with Crippen LogP contribution in [0.1, 0.15) is 24.0 Å². The predicted molar refractivity (Wildman–Crippen MR) is 99.3 cm³/mol. The summed E-state index contributed by atoms with van der Waals surface area (Å²) in [6, 6.07) is 8.45. The molecule has 1 aromatic rings. The summed E-state index contributed by atoms with van der Waals surface area (Å²) in [4.78, 5) is 6.74. The van der Waals surface area contributed by atoms with Crippen molar-refractivity contribution in [3.63, 3.8) is 0 Å². The molecule has 0 aromatic heterocycles. The molecule has 0 bridgehead atoms. The molecule has 0 amide bonds. The van der Waals surface area contributed by atoms with E-state index >= 15 is 0 Å². The van der Waals surface area contributed by atoms with E-state index < -0.39 is 0 Å². The summed E-state index contributed by atoms with van der Waals surface area (Å²) in [6.45, 7) is 4.90. The number of hydrogen-bond donors (Lipinski definition) is 1. The van der Waals surface area contributed by atoms with Crippen molar-refractivity contribution in [3.05, 3.63) is 35.4 Å². The Morgan fingerprint density at radius 2 is 2.00 bits per heavy atom. The Kier molecular flexibility index (Phi) is 6.81. The highest BCUT2D eigenvalue weighted by Crippen LogP contribution is 2.15. The Bertz CT molecular complexity index is 541. The number of benzene rings is 1. The molecule has 5 nitrogen and oxygen atoms in total. The highest BCUT2D eigenvalue weighted by molar-refractivity contribution is 7.99. The van der Waals surface area contributed by atoms with Crippen molar-refractivity contribution < 1.29 is 9.47 Å². The molecule has 1 aromatic carbocycles. The summed E-state index contributed by atoms with van der Waals surface area (Å²) in [6.07, 6.45) is 2.32. The SMILES string of the molecule is NC(=NCc1cccc(COC2CCOCC2)c1)N1CCSCC1. The predicted octanol–water partition coefficient (Wildman–Crippen LogP) is 2.25. The first-order chi connectivity index (χ1) is 11.8. The Morgan fingerprint density at radius 3 is 2.79 bits per heavy atom. The third-order valence-electron chi connectivity index (χ3n) is 4.40. The summed E-state index contributed by atoms with van der Waals surface area (Å²) < 4.78 is 11.4. The molecule has 0 aliphatic carbocycles. The van der Waals surface area contributed by atoms with Crippen molar-refractivity contribution in [1.29, 1.82) is 0 Å². The van der Waals surface area contributed by atoms with E-state index in [0.29, 0.717) is 25.2 Å². The van der Waals surface area contributed by atoms with Crippen LogP contribution < -0.4 is 5.73 Å². The van der Waals surface area contributed by atoms with E-state index in [-0.39, 0.29) is 0 Å². The molecular formula is C18H27N3O2S. The van der Waals surface area contributed by atoms with Crippen molar-refractivity contribution in [2.75, 3.05) is 37.8 Å². The quantitative estimate of drug-likeness (QED) is 0.653. The average Bonchev–Trinajstić information content (AvgIpc) is 2.66. The smallest absolute Gasteiger partial charge is 0.191 e. The Morgan fingerprint density at radius 1 is 1.25 bits per heavy atom. The molecule has 24 heavy (non-hydrogen) atoms. The topological polar surface area (TPSA) is 60.1 Å². The fourth-order valence-electron chi connectivity index (χ4n) is 2.94. The number of nitrogens with zero attached hydrogens (tertiary/aromatic N) is 2. The lowest BCUT2D eigenvalue weighted by atomic mass is 10.1. The molecule has 6 heteroatoms. The third-order valence-corrected chi connectivity index (χ3v) is 5.35. The summed E-state index contributed by atoms with van der Waals surface area (Å²) in [5, 5.41) is 0. The second kappa shape index (κ2) is 9.30. The monoisotopic (exact) mass is 349 g/mol. The highest BCUT2D eigenvalue weighted by atomic mass is 32.2. The second-order valence-electron chi connectivity index (χ2n) is 6.22. The number of rotatable bonds is 5. The van der Waals surface area contributed by atoms with Gasteiger partial charge in [0.2, 0.25) is 0 Å². The van der Waals surface area contributed by atoms with Gasteiger partial charge in [0.1, 0.15) is 0 Å². The normalized spacial score (nSPS) is 20.3. The molecule has 0 saturated carbocycles. The molecule has 2 aliphatic rings. The molecule has 0 spiro atoms. The Labute approximate surface area is 148 Å². The number of ether oxygens (including phenoxy) is 2. The number of thioether (sulfide) groups is 1. The zero-order valence-electron chi connectivity index (χ0n) is 14.2. The van der Waals surface area contributed by atoms with Crippen molar-refractivity contribution in [2.24, 2.45) is 10.7 Å². The first-order valence-corrected chi connectivity index (χ1v) is 9.86. The first kappa shape index (κ1) is 17.6. The van der Waals surface area contributed by atoms with Crippen molar-refractivity contribution in [3.8, 4) is 0 Å². The van der Waals surface area contributed by atoms with Crippen LogP contribution in [0.3, 0.4) is 0 Å². The summed E-state index contributed by atoms with van der Waals surface area (Å²) in [7, 11) is 0. The van der Waals surface area contributed by atoms with Crippen LogP contribution in [0.4, 0.5) is 0 Å². The number of guanidine groups is 1. The largest absolute Gasteiger partial charge is 0.381 e. The van der Waals surface area contributed by atoms with Crippen LogP contribution in [0, 0.1) is 0 Å². The molecule has 2 fully saturated rings. The number of aliphatic imine (C=N–C) groups is 1. The number of hydrogen-bond acceptors (Lipinski definition) is 4. The lowest BCUT2D eigenvalue weighted by Gasteiger charge is -2.27. The van der Waals surface area contributed by atoms with E-state index in [1.54, 1.807) is 0 Å². The van der Waals surface area contributed by atoms with Crippen LogP contribution in [0.5, 0.6) is 0 Å². The van der Waals surface area contributed by atoms with Gasteiger partial charge < -0.3 is 20.1 Å². The van der Waals surface area contributed by atoms with E-state index in [1.165, 1.54) is 11.1 Å². The summed E-state index contributed by atoms with van der Waals surface area (Å²) in [5.74, 6) is 2.93. The summed E-state index contributed by atoms with van der Waals surface area (Å²) in [5.41, 5.74) is 8.50. The fourth-order valence-corrected chi connectivity index (χ4v) is 3.84. The molecular weight excluding hydrogens is 322 g/mol. The van der Waals surface area contributed by atoms with Crippen LogP contribution in [0.15, 0.2) is 29.3 Å². The third kappa shape index (κ3) is 5.40. The molecule has 2 aliphatic heterocycles. The lowest BCUT2D eigenvalue weighted by Crippen LogP contribution is -2.42. The van der Waals surface area contributed by atoms with Gasteiger partial charge in [0.05, 0.1) is 19.3 Å².